The molecular formula is C20H18F3N3O5. The van der Waals surface area contributed by atoms with Crippen LogP contribution >= 0.6 is 0 Å². The summed E-state index contributed by atoms with van der Waals surface area (Å²) in [6, 6.07) is 8.85. The molecule has 0 spiro atoms. The van der Waals surface area contributed by atoms with E-state index in [4.69, 9.17) is 0 Å². The van der Waals surface area contributed by atoms with Crippen LogP contribution in [0.5, 0.6) is 0 Å². The van der Waals surface area contributed by atoms with Crippen molar-refractivity contribution in [3.05, 3.63) is 75.8 Å². The molecule has 31 heavy (non-hydrogen) atoms. The molecule has 2 aromatic carbocycles. The van der Waals surface area contributed by atoms with Gasteiger partial charge < -0.3 is 10.0 Å². The predicted octanol–water partition coefficient (Wildman–Crippen LogP) is 3.38. The SMILES string of the molecule is CN1C(=O)N(C)C(O)(C(F)(F)F)C(C(=O)c2ccccc2)C1c1cccc([N+](=O)[O-])c1. The van der Waals surface area contributed by atoms with Gasteiger partial charge in [-0.1, -0.05) is 42.5 Å². The maximum absolute atomic E-state index is 14.2. The molecule has 8 nitrogen and oxygen atoms in total. The molecule has 1 N–H and O–H groups in total. The number of non-ortho nitro benzene ring substituents is 1. The van der Waals surface area contributed by atoms with Crippen LogP contribution in [0.25, 0.3) is 0 Å². The number of benzene rings is 2. The lowest BCUT2D eigenvalue weighted by Gasteiger charge is -2.53. The summed E-state index contributed by atoms with van der Waals surface area (Å²) in [6.07, 6.45) is -5.40. The van der Waals surface area contributed by atoms with Gasteiger partial charge in [-0.25, -0.2) is 4.79 Å². The van der Waals surface area contributed by atoms with Crippen LogP contribution in [0.2, 0.25) is 0 Å². The van der Waals surface area contributed by atoms with E-state index in [-0.39, 0.29) is 16.0 Å². The number of aliphatic hydroxyl groups is 1. The monoisotopic (exact) mass is 437 g/mol. The van der Waals surface area contributed by atoms with Crippen LogP contribution in [-0.2, 0) is 0 Å². The number of hydrogen-bond acceptors (Lipinski definition) is 5. The number of nitro benzene ring substituents is 1. The fraction of sp³-hybridized carbons (Fsp3) is 0.300. The first kappa shape index (κ1) is 22.2. The second kappa shape index (κ2) is 7.65. The summed E-state index contributed by atoms with van der Waals surface area (Å²) in [7, 11) is 1.92. The highest BCUT2D eigenvalue weighted by atomic mass is 19.4. The summed E-state index contributed by atoms with van der Waals surface area (Å²) >= 11 is 0. The Morgan fingerprint density at radius 2 is 1.74 bits per heavy atom. The van der Waals surface area contributed by atoms with Crippen molar-refractivity contribution in [2.75, 3.05) is 14.1 Å². The first-order chi connectivity index (χ1) is 14.4. The van der Waals surface area contributed by atoms with Gasteiger partial charge in [0.2, 0.25) is 0 Å². The highest BCUT2D eigenvalue weighted by Gasteiger charge is 2.70. The summed E-state index contributed by atoms with van der Waals surface area (Å²) in [4.78, 5) is 37.3. The minimum Gasteiger partial charge on any atom is -0.363 e. The second-order valence-electron chi connectivity index (χ2n) is 7.18. The van der Waals surface area contributed by atoms with E-state index in [0.29, 0.717) is 0 Å². The molecule has 1 fully saturated rings. The molecule has 1 heterocycles. The average molecular weight is 437 g/mol. The zero-order valence-electron chi connectivity index (χ0n) is 16.4. The van der Waals surface area contributed by atoms with Crippen LogP contribution in [0.3, 0.4) is 0 Å². The number of alkyl halides is 3. The molecule has 2 amide bonds. The molecule has 3 atom stereocenters. The Hall–Kier alpha value is -3.47. The standard InChI is InChI=1S/C20H18F3N3O5/c1-24-16(13-9-6-10-14(11-13)26(30)31)15(17(27)12-7-4-3-5-8-12)19(29,20(21,22)23)25(2)18(24)28/h3-11,15-16,29H,1-2H3. The number of Topliss-reactive ketones (excluding diaryl/α,β-unsaturated/α-hetero) is 1. The Morgan fingerprint density at radius 1 is 1.13 bits per heavy atom. The van der Waals surface area contributed by atoms with Crippen molar-refractivity contribution >= 4 is 17.5 Å². The third-order valence-electron chi connectivity index (χ3n) is 5.45. The molecular weight excluding hydrogens is 419 g/mol. The zero-order chi connectivity index (χ0) is 23.1. The number of halogens is 3. The fourth-order valence-corrected chi connectivity index (χ4v) is 3.87. The van der Waals surface area contributed by atoms with Gasteiger partial charge in [-0.15, -0.1) is 0 Å². The Labute approximate surface area is 174 Å². The number of hydrogen-bond donors (Lipinski definition) is 1. The summed E-state index contributed by atoms with van der Waals surface area (Å²) in [6.45, 7) is 0. The van der Waals surface area contributed by atoms with E-state index in [2.05, 4.69) is 0 Å². The quantitative estimate of drug-likeness (QED) is 0.449. The molecule has 3 rings (SSSR count). The van der Waals surface area contributed by atoms with E-state index in [1.807, 2.05) is 0 Å². The second-order valence-corrected chi connectivity index (χ2v) is 7.18. The van der Waals surface area contributed by atoms with Crippen LogP contribution in [0.15, 0.2) is 54.6 Å². The van der Waals surface area contributed by atoms with Crippen LogP contribution < -0.4 is 0 Å². The minimum atomic E-state index is -5.40. The number of nitro groups is 1. The number of urea groups is 1. The number of rotatable bonds is 4. The molecule has 0 bridgehead atoms. The first-order valence-corrected chi connectivity index (χ1v) is 9.04. The van der Waals surface area contributed by atoms with Crippen LogP contribution in [0.4, 0.5) is 23.7 Å². The summed E-state index contributed by atoms with van der Waals surface area (Å²) < 4.78 is 42.5. The van der Waals surface area contributed by atoms with Gasteiger partial charge in [-0.2, -0.15) is 13.2 Å². The van der Waals surface area contributed by atoms with Crippen molar-refractivity contribution in [2.24, 2.45) is 5.92 Å². The Balaban J connectivity index is 2.29. The van der Waals surface area contributed by atoms with Gasteiger partial charge in [-0.05, 0) is 5.56 Å². The van der Waals surface area contributed by atoms with Crippen molar-refractivity contribution in [3.8, 4) is 0 Å². The third kappa shape index (κ3) is 3.50. The van der Waals surface area contributed by atoms with Crippen molar-refractivity contribution in [3.63, 3.8) is 0 Å². The lowest BCUT2D eigenvalue weighted by molar-refractivity contribution is -0.385. The molecule has 1 saturated heterocycles. The number of carbonyl (C=O) groups excluding carboxylic acids is 2. The topological polar surface area (TPSA) is 104 Å². The van der Waals surface area contributed by atoms with Crippen molar-refractivity contribution < 1.29 is 32.8 Å². The minimum absolute atomic E-state index is 0.0758. The lowest BCUT2D eigenvalue weighted by Crippen LogP contribution is -2.73. The number of nitrogens with zero attached hydrogens (tertiary/aromatic N) is 3. The van der Waals surface area contributed by atoms with E-state index in [9.17, 15) is 38.0 Å². The summed E-state index contributed by atoms with van der Waals surface area (Å²) in [5.74, 6) is -3.28. The van der Waals surface area contributed by atoms with Crippen LogP contribution in [0, 0.1) is 16.0 Å². The molecule has 0 radical (unpaired) electrons. The van der Waals surface area contributed by atoms with Gasteiger partial charge in [0.25, 0.3) is 11.4 Å². The molecule has 164 valence electrons. The van der Waals surface area contributed by atoms with Crippen LogP contribution in [-0.4, -0.2) is 57.6 Å². The van der Waals surface area contributed by atoms with Gasteiger partial charge in [0, 0.05) is 31.8 Å². The number of ketones is 1. The Kier molecular flexibility index (Phi) is 5.49. The summed E-state index contributed by atoms with van der Waals surface area (Å²) in [5, 5.41) is 22.0. The number of amides is 2. The molecule has 2 aromatic rings. The van der Waals surface area contributed by atoms with E-state index >= 15 is 0 Å². The smallest absolute Gasteiger partial charge is 0.363 e. The molecule has 0 aromatic heterocycles. The highest BCUT2D eigenvalue weighted by molar-refractivity contribution is 6.00. The van der Waals surface area contributed by atoms with E-state index in [1.54, 1.807) is 6.07 Å². The van der Waals surface area contributed by atoms with Crippen molar-refractivity contribution in [1.82, 2.24) is 9.80 Å². The lowest BCUT2D eigenvalue weighted by atomic mass is 9.75. The number of carbonyl (C=O) groups is 2. The van der Waals surface area contributed by atoms with E-state index < -0.39 is 46.3 Å². The van der Waals surface area contributed by atoms with Gasteiger partial charge in [0.05, 0.1) is 11.0 Å². The van der Waals surface area contributed by atoms with E-state index in [0.717, 1.165) is 24.1 Å². The maximum Gasteiger partial charge on any atom is 0.437 e. The molecule has 11 heteroatoms. The van der Waals surface area contributed by atoms with Gasteiger partial charge >= 0.3 is 12.2 Å². The highest BCUT2D eigenvalue weighted by Crippen LogP contribution is 2.50. The van der Waals surface area contributed by atoms with Gasteiger partial charge in [0.1, 0.15) is 5.92 Å². The molecule has 1 aliphatic heterocycles. The van der Waals surface area contributed by atoms with Crippen LogP contribution in [0.1, 0.15) is 22.0 Å². The Morgan fingerprint density at radius 3 is 2.29 bits per heavy atom. The molecule has 1 aliphatic rings. The molecule has 0 saturated carbocycles. The largest absolute Gasteiger partial charge is 0.437 e. The van der Waals surface area contributed by atoms with E-state index in [1.165, 1.54) is 43.4 Å². The zero-order valence-corrected chi connectivity index (χ0v) is 16.4. The molecule has 0 aliphatic carbocycles. The molecule has 3 unspecified atom stereocenters. The van der Waals surface area contributed by atoms with Gasteiger partial charge in [-0.3, -0.25) is 19.8 Å². The first-order valence-electron chi connectivity index (χ1n) is 9.04. The Bertz CT molecular complexity index is 1030. The fourth-order valence-electron chi connectivity index (χ4n) is 3.87. The normalized spacial score (nSPS) is 24.3. The maximum atomic E-state index is 14.2. The summed E-state index contributed by atoms with van der Waals surface area (Å²) in [5.41, 5.74) is -4.48. The van der Waals surface area contributed by atoms with Gasteiger partial charge in [0.15, 0.2) is 5.78 Å². The van der Waals surface area contributed by atoms with Crippen molar-refractivity contribution in [2.45, 2.75) is 17.9 Å². The van der Waals surface area contributed by atoms with Crippen molar-refractivity contribution in [1.29, 1.82) is 0 Å². The predicted molar refractivity (Wildman–Crippen MR) is 102 cm³/mol. The third-order valence-corrected chi connectivity index (χ3v) is 5.45. The average Bonchev–Trinajstić information content (AvgIpc) is 2.74.